The number of furan rings is 1. The van der Waals surface area contributed by atoms with E-state index < -0.39 is 0 Å². The molecule has 3 nitrogen and oxygen atoms in total. The van der Waals surface area contributed by atoms with Crippen molar-refractivity contribution in [3.8, 4) is 0 Å². The molecule has 0 N–H and O–H groups in total. The molecule has 0 saturated heterocycles. The van der Waals surface area contributed by atoms with Crippen LogP contribution in [0.2, 0.25) is 0 Å². The maximum atomic E-state index is 12.4. The first-order valence-electron chi connectivity index (χ1n) is 8.96. The molecule has 132 valence electrons. The van der Waals surface area contributed by atoms with Gasteiger partial charge in [0.2, 0.25) is 0 Å². The van der Waals surface area contributed by atoms with Crippen LogP contribution in [0, 0.1) is 17.3 Å². The molecule has 1 heterocycles. The first-order chi connectivity index (χ1) is 12.0. The van der Waals surface area contributed by atoms with Crippen LogP contribution in [-0.2, 0) is 22.6 Å². The molecule has 1 aromatic carbocycles. The van der Waals surface area contributed by atoms with Crippen molar-refractivity contribution in [3.63, 3.8) is 0 Å². The number of hydrogen-bond acceptors (Lipinski definition) is 3. The molecule has 1 aliphatic carbocycles. The summed E-state index contributed by atoms with van der Waals surface area (Å²) in [4.78, 5) is 12.4. The first kappa shape index (κ1) is 17.5. The number of benzene rings is 1. The number of carbonyl (C=O) groups excluding carboxylic acids is 1. The van der Waals surface area contributed by atoms with Crippen molar-refractivity contribution in [1.82, 2.24) is 0 Å². The molecular weight excluding hydrogens is 312 g/mol. The second kappa shape index (κ2) is 7.30. The Balaban J connectivity index is 1.52. The Bertz CT molecular complexity index is 740. The minimum atomic E-state index is -0.110. The van der Waals surface area contributed by atoms with Crippen LogP contribution in [0.1, 0.15) is 44.1 Å². The molecule has 2 atom stereocenters. The lowest BCUT2D eigenvalue weighted by Gasteiger charge is -2.03. The highest BCUT2D eigenvalue weighted by molar-refractivity contribution is 5.78. The minimum absolute atomic E-state index is 0.00236. The molecule has 0 spiro atoms. The summed E-state index contributed by atoms with van der Waals surface area (Å²) in [6.45, 7) is 6.62. The maximum absolute atomic E-state index is 12.4. The average Bonchev–Trinajstić information content (AvgIpc) is 2.92. The summed E-state index contributed by atoms with van der Waals surface area (Å²) in [5.41, 5.74) is 2.10. The molecule has 1 aromatic heterocycles. The van der Waals surface area contributed by atoms with Crippen molar-refractivity contribution < 1.29 is 13.9 Å². The van der Waals surface area contributed by atoms with Crippen LogP contribution < -0.4 is 0 Å². The molecule has 0 radical (unpaired) electrons. The average molecular weight is 338 g/mol. The van der Waals surface area contributed by atoms with Gasteiger partial charge in [-0.15, -0.1) is 0 Å². The van der Waals surface area contributed by atoms with E-state index in [1.165, 1.54) is 5.56 Å². The minimum Gasteiger partial charge on any atom is -0.469 e. The van der Waals surface area contributed by atoms with Gasteiger partial charge in [0.05, 0.1) is 12.2 Å². The van der Waals surface area contributed by atoms with E-state index in [1.807, 2.05) is 24.3 Å². The Hall–Kier alpha value is -2.29. The molecule has 1 aliphatic rings. The first-order valence-corrected chi connectivity index (χ1v) is 8.96. The zero-order valence-corrected chi connectivity index (χ0v) is 15.2. The van der Waals surface area contributed by atoms with E-state index in [0.717, 1.165) is 24.2 Å². The second-order valence-electron chi connectivity index (χ2n) is 7.35. The molecule has 2 aromatic rings. The van der Waals surface area contributed by atoms with Gasteiger partial charge in [0.1, 0.15) is 12.4 Å². The fourth-order valence-corrected chi connectivity index (χ4v) is 3.41. The lowest BCUT2D eigenvalue weighted by Crippen LogP contribution is -2.10. The highest BCUT2D eigenvalue weighted by atomic mass is 16.5. The van der Waals surface area contributed by atoms with Gasteiger partial charge >= 0.3 is 5.97 Å². The van der Waals surface area contributed by atoms with Crippen molar-refractivity contribution in [2.24, 2.45) is 17.3 Å². The van der Waals surface area contributed by atoms with Crippen LogP contribution in [0.5, 0.6) is 0 Å². The lowest BCUT2D eigenvalue weighted by atomic mass is 10.1. The van der Waals surface area contributed by atoms with Crippen molar-refractivity contribution >= 4 is 5.97 Å². The molecule has 2 unspecified atom stereocenters. The highest BCUT2D eigenvalue weighted by Gasteiger charge is 2.61. The van der Waals surface area contributed by atoms with Crippen molar-refractivity contribution in [3.05, 3.63) is 71.7 Å². The number of hydrogen-bond donors (Lipinski definition) is 0. The summed E-state index contributed by atoms with van der Waals surface area (Å²) in [6.07, 6.45) is 7.70. The second-order valence-corrected chi connectivity index (χ2v) is 7.35. The molecule has 0 bridgehead atoms. The number of rotatable bonds is 7. The molecule has 25 heavy (non-hydrogen) atoms. The zero-order chi connectivity index (χ0) is 17.9. The smallest absolute Gasteiger partial charge is 0.310 e. The number of esters is 1. The Morgan fingerprint density at radius 3 is 2.72 bits per heavy atom. The molecule has 3 heteroatoms. The Labute approximate surface area is 149 Å². The van der Waals surface area contributed by atoms with Crippen LogP contribution in [0.25, 0.3) is 0 Å². The third kappa shape index (κ3) is 4.04. The predicted octanol–water partition coefficient (Wildman–Crippen LogP) is 5.15. The van der Waals surface area contributed by atoms with E-state index in [9.17, 15) is 4.79 Å². The van der Waals surface area contributed by atoms with Crippen molar-refractivity contribution in [2.45, 2.75) is 40.2 Å². The van der Waals surface area contributed by atoms with E-state index in [1.54, 1.807) is 6.26 Å². The van der Waals surface area contributed by atoms with Gasteiger partial charge in [-0.3, -0.25) is 4.79 Å². The van der Waals surface area contributed by atoms with E-state index in [2.05, 4.69) is 45.1 Å². The monoisotopic (exact) mass is 338 g/mol. The van der Waals surface area contributed by atoms with Crippen LogP contribution in [0.15, 0.2) is 59.2 Å². The number of allylic oxidation sites excluding steroid dienone is 2. The van der Waals surface area contributed by atoms with E-state index in [0.29, 0.717) is 0 Å². The Morgan fingerprint density at radius 1 is 1.24 bits per heavy atom. The summed E-state index contributed by atoms with van der Waals surface area (Å²) in [6, 6.07) is 12.1. The van der Waals surface area contributed by atoms with Gasteiger partial charge in [-0.1, -0.05) is 63.3 Å². The van der Waals surface area contributed by atoms with Gasteiger partial charge in [-0.2, -0.15) is 0 Å². The Morgan fingerprint density at radius 2 is 2.00 bits per heavy atom. The van der Waals surface area contributed by atoms with Gasteiger partial charge in [0.15, 0.2) is 0 Å². The highest BCUT2D eigenvalue weighted by Crippen LogP contribution is 2.59. The predicted molar refractivity (Wildman–Crippen MR) is 97.9 cm³/mol. The zero-order valence-electron chi connectivity index (χ0n) is 15.2. The van der Waals surface area contributed by atoms with Crippen molar-refractivity contribution in [1.29, 1.82) is 0 Å². The molecule has 0 aliphatic heterocycles. The van der Waals surface area contributed by atoms with Crippen molar-refractivity contribution in [2.75, 3.05) is 0 Å². The summed E-state index contributed by atoms with van der Waals surface area (Å²) in [7, 11) is 0. The van der Waals surface area contributed by atoms with Gasteiger partial charge in [-0.05, 0) is 29.4 Å². The maximum Gasteiger partial charge on any atom is 0.310 e. The molecular formula is C22H26O3. The van der Waals surface area contributed by atoms with Gasteiger partial charge in [-0.25, -0.2) is 0 Å². The molecule has 1 saturated carbocycles. The third-order valence-corrected chi connectivity index (χ3v) is 5.05. The summed E-state index contributed by atoms with van der Waals surface area (Å²) >= 11 is 0. The van der Waals surface area contributed by atoms with Crippen LogP contribution in [-0.4, -0.2) is 5.97 Å². The lowest BCUT2D eigenvalue weighted by molar-refractivity contribution is -0.147. The van der Waals surface area contributed by atoms with E-state index in [4.69, 9.17) is 9.15 Å². The quantitative estimate of drug-likeness (QED) is 0.517. The Kier molecular flexibility index (Phi) is 5.12. The van der Waals surface area contributed by atoms with Crippen LogP contribution in [0.3, 0.4) is 0 Å². The largest absolute Gasteiger partial charge is 0.469 e. The summed E-state index contributed by atoms with van der Waals surface area (Å²) in [5, 5.41) is 0. The van der Waals surface area contributed by atoms with Gasteiger partial charge in [0.25, 0.3) is 0 Å². The van der Waals surface area contributed by atoms with Crippen LogP contribution in [0.4, 0.5) is 0 Å². The molecule has 3 rings (SSSR count). The fourth-order valence-electron chi connectivity index (χ4n) is 3.41. The van der Waals surface area contributed by atoms with E-state index in [-0.39, 0.29) is 29.8 Å². The number of ether oxygens (including phenoxy) is 1. The van der Waals surface area contributed by atoms with E-state index >= 15 is 0 Å². The topological polar surface area (TPSA) is 39.4 Å². The summed E-state index contributed by atoms with van der Waals surface area (Å²) in [5.74, 6) is 1.03. The molecule has 1 fully saturated rings. The SMILES string of the molecule is CC/C=C/C1C(C(=O)OCc2coc(Cc3ccccc3)c2)C1(C)C. The third-order valence-electron chi connectivity index (χ3n) is 5.05. The normalized spacial score (nSPS) is 21.4. The van der Waals surface area contributed by atoms with Crippen LogP contribution >= 0.6 is 0 Å². The van der Waals surface area contributed by atoms with Gasteiger partial charge < -0.3 is 9.15 Å². The number of carbonyl (C=O) groups is 1. The van der Waals surface area contributed by atoms with Gasteiger partial charge in [0, 0.05) is 12.0 Å². The molecule has 0 amide bonds. The summed E-state index contributed by atoms with van der Waals surface area (Å²) < 4.78 is 11.1. The standard InChI is InChI=1S/C22H26O3/c1-4-5-11-19-20(22(19,2)3)21(23)25-15-17-13-18(24-14-17)12-16-9-7-6-8-10-16/h5-11,13-14,19-20H,4,12,15H2,1-3H3/b11-5+. The fraction of sp³-hybridized carbons (Fsp3) is 0.409.